The molecule has 0 atom stereocenters. The molecular weight excluding hydrogens is 462 g/mol. The number of nitrogens with one attached hydrogen (secondary N) is 1. The third-order valence-corrected chi connectivity index (χ3v) is 5.46. The maximum atomic E-state index is 12.6. The van der Waals surface area contributed by atoms with Gasteiger partial charge in [0, 0.05) is 18.2 Å². The van der Waals surface area contributed by atoms with Gasteiger partial charge in [0.2, 0.25) is 0 Å². The number of benzene rings is 3. The molecule has 0 radical (unpaired) electrons. The number of Topliss-reactive ketones (excluding diaryl/α,β-unsaturated/α-hetero) is 1. The molecule has 184 valence electrons. The highest BCUT2D eigenvalue weighted by Crippen LogP contribution is 2.31. The third-order valence-electron chi connectivity index (χ3n) is 5.46. The Morgan fingerprint density at radius 3 is 2.50 bits per heavy atom. The molecular formula is C26H25N5O5. The van der Waals surface area contributed by atoms with Gasteiger partial charge in [0.15, 0.2) is 17.3 Å². The first-order chi connectivity index (χ1) is 17.5. The summed E-state index contributed by atoms with van der Waals surface area (Å²) in [6.07, 6.45) is 1.38. The van der Waals surface area contributed by atoms with E-state index >= 15 is 0 Å². The van der Waals surface area contributed by atoms with Crippen LogP contribution in [0.25, 0.3) is 16.8 Å². The first kappa shape index (κ1) is 24.4. The van der Waals surface area contributed by atoms with Crippen molar-refractivity contribution in [1.29, 1.82) is 0 Å². The number of hydrogen-bond acceptors (Lipinski definition) is 8. The zero-order valence-corrected chi connectivity index (χ0v) is 20.1. The van der Waals surface area contributed by atoms with Crippen LogP contribution in [0.3, 0.4) is 0 Å². The van der Waals surface area contributed by atoms with Crippen molar-refractivity contribution in [3.63, 3.8) is 0 Å². The van der Waals surface area contributed by atoms with E-state index in [1.807, 2.05) is 36.4 Å². The number of amides is 1. The summed E-state index contributed by atoms with van der Waals surface area (Å²) in [7, 11) is 3.15. The van der Waals surface area contributed by atoms with Crippen LogP contribution in [0.2, 0.25) is 0 Å². The first-order valence-electron chi connectivity index (χ1n) is 11.1. The monoisotopic (exact) mass is 487 g/mol. The van der Waals surface area contributed by atoms with Crippen LogP contribution in [0.15, 0.2) is 67.0 Å². The summed E-state index contributed by atoms with van der Waals surface area (Å²) in [6, 6.07) is 18.0. The average Bonchev–Trinajstić information content (AvgIpc) is 3.43. The van der Waals surface area contributed by atoms with Crippen molar-refractivity contribution in [2.45, 2.75) is 13.3 Å². The van der Waals surface area contributed by atoms with E-state index < -0.39 is 6.09 Å². The van der Waals surface area contributed by atoms with Crippen molar-refractivity contribution in [3.8, 4) is 34.1 Å². The first-order valence-corrected chi connectivity index (χ1v) is 11.1. The van der Waals surface area contributed by atoms with Gasteiger partial charge in [0.25, 0.3) is 0 Å². The molecule has 0 aliphatic carbocycles. The minimum atomic E-state index is -0.616. The van der Waals surface area contributed by atoms with Gasteiger partial charge in [-0.25, -0.2) is 9.48 Å². The van der Waals surface area contributed by atoms with Crippen LogP contribution in [0.5, 0.6) is 17.2 Å². The number of carbonyl (C=O) groups is 2. The summed E-state index contributed by atoms with van der Waals surface area (Å²) in [5, 5.41) is 14.0. The largest absolute Gasteiger partial charge is 0.493 e. The van der Waals surface area contributed by atoms with E-state index in [1.165, 1.54) is 17.9 Å². The fourth-order valence-electron chi connectivity index (χ4n) is 3.74. The van der Waals surface area contributed by atoms with Crippen LogP contribution in [-0.4, -0.2) is 52.8 Å². The van der Waals surface area contributed by atoms with Gasteiger partial charge >= 0.3 is 6.09 Å². The number of aromatic nitrogens is 4. The summed E-state index contributed by atoms with van der Waals surface area (Å²) in [6.45, 7) is 1.86. The Morgan fingerprint density at radius 1 is 0.972 bits per heavy atom. The Balaban J connectivity index is 1.51. The molecule has 3 aromatic carbocycles. The zero-order chi connectivity index (χ0) is 25.5. The summed E-state index contributed by atoms with van der Waals surface area (Å²) in [4.78, 5) is 24.7. The van der Waals surface area contributed by atoms with Crippen molar-refractivity contribution in [1.82, 2.24) is 25.5 Å². The maximum absolute atomic E-state index is 12.6. The van der Waals surface area contributed by atoms with Crippen molar-refractivity contribution >= 4 is 11.9 Å². The second kappa shape index (κ2) is 11.1. The minimum absolute atomic E-state index is 0.0752. The molecule has 0 aliphatic heterocycles. The lowest BCUT2D eigenvalue weighted by molar-refractivity contribution is 0.101. The molecule has 10 nitrogen and oxygen atoms in total. The van der Waals surface area contributed by atoms with Crippen LogP contribution >= 0.6 is 0 Å². The van der Waals surface area contributed by atoms with Crippen molar-refractivity contribution in [3.05, 3.63) is 78.1 Å². The number of methoxy groups -OCH3 is 2. The third kappa shape index (κ3) is 5.66. The normalized spacial score (nSPS) is 10.5. The van der Waals surface area contributed by atoms with Gasteiger partial charge in [-0.1, -0.05) is 30.3 Å². The standard InChI is InChI=1S/C26H25N5O5/c1-17(32)22-6-4-5-7-23(22)19-13-20(31-16-28-29-30-31)15-21(14-19)36-26(33)27-11-10-18-8-9-24(34-2)25(12-18)35-3/h4-9,12-16H,10-11H2,1-3H3,(H,27,33). The van der Waals surface area contributed by atoms with Crippen LogP contribution in [0.1, 0.15) is 22.8 Å². The predicted octanol–water partition coefficient (Wildman–Crippen LogP) is 3.88. The Hall–Kier alpha value is -4.73. The Morgan fingerprint density at radius 2 is 1.78 bits per heavy atom. The lowest BCUT2D eigenvalue weighted by Crippen LogP contribution is -2.28. The number of nitrogens with zero attached hydrogens (tertiary/aromatic N) is 4. The molecule has 4 aromatic rings. The molecule has 1 amide bonds. The van der Waals surface area contributed by atoms with Crippen LogP contribution in [0, 0.1) is 0 Å². The molecule has 10 heteroatoms. The van der Waals surface area contributed by atoms with Crippen molar-refractivity contribution in [2.24, 2.45) is 0 Å². The molecule has 0 spiro atoms. The van der Waals surface area contributed by atoms with E-state index in [4.69, 9.17) is 14.2 Å². The second-order valence-corrected chi connectivity index (χ2v) is 7.83. The Kier molecular flexibility index (Phi) is 7.54. The minimum Gasteiger partial charge on any atom is -0.493 e. The van der Waals surface area contributed by atoms with E-state index in [-0.39, 0.29) is 11.5 Å². The summed E-state index contributed by atoms with van der Waals surface area (Å²) >= 11 is 0. The summed E-state index contributed by atoms with van der Waals surface area (Å²) in [5.41, 5.74) is 3.48. The average molecular weight is 488 g/mol. The van der Waals surface area contributed by atoms with Gasteiger partial charge in [-0.05, 0) is 64.7 Å². The molecule has 0 saturated heterocycles. The van der Waals surface area contributed by atoms with Gasteiger partial charge in [-0.15, -0.1) is 5.10 Å². The molecule has 0 unspecified atom stereocenters. The molecule has 0 fully saturated rings. The molecule has 1 N–H and O–H groups in total. The number of ether oxygens (including phenoxy) is 3. The van der Waals surface area contributed by atoms with Crippen LogP contribution in [-0.2, 0) is 6.42 Å². The Labute approximate surface area is 207 Å². The van der Waals surface area contributed by atoms with E-state index in [0.717, 1.165) is 5.56 Å². The SMILES string of the molecule is COc1ccc(CCNC(=O)Oc2cc(-c3ccccc3C(C)=O)cc(-n3cnnn3)c2)cc1OC. The highest BCUT2D eigenvalue weighted by Gasteiger charge is 2.14. The molecule has 1 aromatic heterocycles. The van der Waals surface area contributed by atoms with Crippen LogP contribution in [0.4, 0.5) is 4.79 Å². The van der Waals surface area contributed by atoms with Gasteiger partial charge in [-0.2, -0.15) is 0 Å². The maximum Gasteiger partial charge on any atom is 0.412 e. The number of ketones is 1. The lowest BCUT2D eigenvalue weighted by Gasteiger charge is -2.13. The van der Waals surface area contributed by atoms with Gasteiger partial charge in [0.1, 0.15) is 12.1 Å². The van der Waals surface area contributed by atoms with E-state index in [0.29, 0.717) is 46.8 Å². The molecule has 1 heterocycles. The molecule has 4 rings (SSSR count). The van der Waals surface area contributed by atoms with E-state index in [1.54, 1.807) is 38.5 Å². The van der Waals surface area contributed by atoms with E-state index in [2.05, 4.69) is 20.8 Å². The second-order valence-electron chi connectivity index (χ2n) is 7.83. The predicted molar refractivity (Wildman–Crippen MR) is 132 cm³/mol. The fourth-order valence-corrected chi connectivity index (χ4v) is 3.74. The molecule has 0 bridgehead atoms. The van der Waals surface area contributed by atoms with Gasteiger partial charge in [-0.3, -0.25) is 4.79 Å². The number of rotatable bonds is 9. The highest BCUT2D eigenvalue weighted by atomic mass is 16.6. The number of tetrazole rings is 1. The zero-order valence-electron chi connectivity index (χ0n) is 20.1. The highest BCUT2D eigenvalue weighted by molar-refractivity contribution is 6.01. The summed E-state index contributed by atoms with van der Waals surface area (Å²) in [5.74, 6) is 1.46. The summed E-state index contributed by atoms with van der Waals surface area (Å²) < 4.78 is 17.6. The quantitative estimate of drug-likeness (QED) is 0.354. The smallest absolute Gasteiger partial charge is 0.412 e. The topological polar surface area (TPSA) is 117 Å². The van der Waals surface area contributed by atoms with Crippen LogP contribution < -0.4 is 19.5 Å². The van der Waals surface area contributed by atoms with E-state index in [9.17, 15) is 9.59 Å². The molecule has 36 heavy (non-hydrogen) atoms. The van der Waals surface area contributed by atoms with Crippen molar-refractivity contribution < 1.29 is 23.8 Å². The van der Waals surface area contributed by atoms with Gasteiger partial charge in [0.05, 0.1) is 19.9 Å². The number of carbonyl (C=O) groups excluding carboxylic acids is 2. The molecule has 0 saturated carbocycles. The lowest BCUT2D eigenvalue weighted by atomic mass is 9.97. The fraction of sp³-hybridized carbons (Fsp3) is 0.192. The van der Waals surface area contributed by atoms with Gasteiger partial charge < -0.3 is 19.5 Å². The molecule has 0 aliphatic rings. The number of hydrogen-bond donors (Lipinski definition) is 1. The Bertz CT molecular complexity index is 1370. The van der Waals surface area contributed by atoms with Crippen molar-refractivity contribution in [2.75, 3.05) is 20.8 Å².